The van der Waals surface area contributed by atoms with Crippen LogP contribution in [0.15, 0.2) is 18.2 Å². The molecule has 1 unspecified atom stereocenters. The smallest absolute Gasteiger partial charge is 0.258 e. The zero-order valence-corrected chi connectivity index (χ0v) is 10.8. The Balaban J connectivity index is 2.28. The van der Waals surface area contributed by atoms with Crippen LogP contribution in [0.2, 0.25) is 0 Å². The fourth-order valence-corrected chi connectivity index (χ4v) is 2.59. The Hall–Kier alpha value is -1.71. The Labute approximate surface area is 107 Å². The Kier molecular flexibility index (Phi) is 3.45. The first kappa shape index (κ1) is 12.7. The van der Waals surface area contributed by atoms with Crippen LogP contribution in [0.1, 0.15) is 37.0 Å². The summed E-state index contributed by atoms with van der Waals surface area (Å²) in [4.78, 5) is 14.2. The molecule has 1 aromatic carbocycles. The normalized spacial score (nSPS) is 19.5. The standard InChI is InChI=1S/C14H19NO3/c1-9(2)12-4-3-7-15(12)14(18)11-8-10(16)5-6-13(11)17/h5-6,8-9,12,16-17H,3-4,7H2,1-2H3. The van der Waals surface area contributed by atoms with Gasteiger partial charge in [0.05, 0.1) is 5.56 Å². The van der Waals surface area contributed by atoms with E-state index in [4.69, 9.17) is 0 Å². The van der Waals surface area contributed by atoms with E-state index in [1.165, 1.54) is 18.2 Å². The Morgan fingerprint density at radius 2 is 2.11 bits per heavy atom. The van der Waals surface area contributed by atoms with Crippen molar-refractivity contribution in [1.82, 2.24) is 4.90 Å². The van der Waals surface area contributed by atoms with Gasteiger partial charge in [-0.1, -0.05) is 13.8 Å². The molecule has 18 heavy (non-hydrogen) atoms. The molecular formula is C14H19NO3. The van der Waals surface area contributed by atoms with Crippen molar-refractivity contribution < 1.29 is 15.0 Å². The predicted molar refractivity (Wildman–Crippen MR) is 68.7 cm³/mol. The van der Waals surface area contributed by atoms with Crippen molar-refractivity contribution in [2.24, 2.45) is 5.92 Å². The molecule has 1 aromatic rings. The topological polar surface area (TPSA) is 60.8 Å². The van der Waals surface area contributed by atoms with Gasteiger partial charge in [0.15, 0.2) is 0 Å². The van der Waals surface area contributed by atoms with E-state index in [1.807, 2.05) is 0 Å². The van der Waals surface area contributed by atoms with Gasteiger partial charge in [0.2, 0.25) is 0 Å². The van der Waals surface area contributed by atoms with Crippen LogP contribution in [0, 0.1) is 5.92 Å². The van der Waals surface area contributed by atoms with E-state index in [9.17, 15) is 15.0 Å². The number of phenolic OH excluding ortho intramolecular Hbond substituents is 2. The number of nitrogens with zero attached hydrogens (tertiary/aromatic N) is 1. The molecule has 4 nitrogen and oxygen atoms in total. The molecule has 4 heteroatoms. The number of hydrogen-bond donors (Lipinski definition) is 2. The van der Waals surface area contributed by atoms with Gasteiger partial charge >= 0.3 is 0 Å². The van der Waals surface area contributed by atoms with Gasteiger partial charge in [0.1, 0.15) is 11.5 Å². The minimum Gasteiger partial charge on any atom is -0.508 e. The molecule has 1 amide bonds. The van der Waals surface area contributed by atoms with Crippen LogP contribution in [0.4, 0.5) is 0 Å². The highest BCUT2D eigenvalue weighted by molar-refractivity contribution is 5.97. The fourth-order valence-electron chi connectivity index (χ4n) is 2.59. The van der Waals surface area contributed by atoms with Crippen molar-refractivity contribution in [3.05, 3.63) is 23.8 Å². The number of carbonyl (C=O) groups excluding carboxylic acids is 1. The van der Waals surface area contributed by atoms with Gasteiger partial charge in [-0.3, -0.25) is 4.79 Å². The maximum Gasteiger partial charge on any atom is 0.258 e. The van der Waals surface area contributed by atoms with Crippen LogP contribution in [-0.4, -0.2) is 33.6 Å². The number of benzene rings is 1. The molecule has 1 atom stereocenters. The van der Waals surface area contributed by atoms with Crippen LogP contribution in [-0.2, 0) is 0 Å². The summed E-state index contributed by atoms with van der Waals surface area (Å²) < 4.78 is 0. The zero-order valence-electron chi connectivity index (χ0n) is 10.8. The molecule has 2 N–H and O–H groups in total. The van der Waals surface area contributed by atoms with Crippen molar-refractivity contribution >= 4 is 5.91 Å². The van der Waals surface area contributed by atoms with Crippen molar-refractivity contribution in [1.29, 1.82) is 0 Å². The number of aromatic hydroxyl groups is 2. The van der Waals surface area contributed by atoms with Gasteiger partial charge in [-0.25, -0.2) is 0 Å². The van der Waals surface area contributed by atoms with Crippen LogP contribution in [0.25, 0.3) is 0 Å². The van der Waals surface area contributed by atoms with Gasteiger partial charge in [-0.15, -0.1) is 0 Å². The molecule has 0 spiro atoms. The van der Waals surface area contributed by atoms with Crippen LogP contribution >= 0.6 is 0 Å². The molecule has 0 radical (unpaired) electrons. The molecule has 2 rings (SSSR count). The molecule has 0 saturated carbocycles. The Bertz CT molecular complexity index is 456. The average molecular weight is 249 g/mol. The molecular weight excluding hydrogens is 230 g/mol. The number of rotatable bonds is 2. The largest absolute Gasteiger partial charge is 0.508 e. The lowest BCUT2D eigenvalue weighted by Crippen LogP contribution is -2.38. The quantitative estimate of drug-likeness (QED) is 0.791. The van der Waals surface area contributed by atoms with Gasteiger partial charge in [0, 0.05) is 12.6 Å². The number of amides is 1. The van der Waals surface area contributed by atoms with E-state index in [1.54, 1.807) is 4.90 Å². The maximum atomic E-state index is 12.4. The second kappa shape index (κ2) is 4.88. The second-order valence-electron chi connectivity index (χ2n) is 5.15. The van der Waals surface area contributed by atoms with Gasteiger partial charge in [-0.2, -0.15) is 0 Å². The lowest BCUT2D eigenvalue weighted by Gasteiger charge is -2.28. The van der Waals surface area contributed by atoms with Crippen LogP contribution in [0.3, 0.4) is 0 Å². The van der Waals surface area contributed by atoms with E-state index in [0.29, 0.717) is 5.92 Å². The summed E-state index contributed by atoms with van der Waals surface area (Å²) >= 11 is 0. The third kappa shape index (κ3) is 2.28. The third-order valence-electron chi connectivity index (χ3n) is 3.54. The molecule has 98 valence electrons. The third-order valence-corrected chi connectivity index (χ3v) is 3.54. The van der Waals surface area contributed by atoms with Crippen LogP contribution in [0.5, 0.6) is 11.5 Å². The second-order valence-corrected chi connectivity index (χ2v) is 5.15. The van der Waals surface area contributed by atoms with Crippen molar-refractivity contribution in [3.63, 3.8) is 0 Å². The minimum absolute atomic E-state index is 0.00329. The molecule has 1 aliphatic rings. The summed E-state index contributed by atoms with van der Waals surface area (Å²) in [7, 11) is 0. The first-order valence-corrected chi connectivity index (χ1v) is 6.33. The number of hydrogen-bond acceptors (Lipinski definition) is 3. The minimum atomic E-state index is -0.195. The molecule has 1 fully saturated rings. The van der Waals surface area contributed by atoms with E-state index < -0.39 is 0 Å². The first-order valence-electron chi connectivity index (χ1n) is 6.33. The van der Waals surface area contributed by atoms with E-state index in [2.05, 4.69) is 13.8 Å². The monoisotopic (exact) mass is 249 g/mol. The predicted octanol–water partition coefficient (Wildman–Crippen LogP) is 2.36. The Morgan fingerprint density at radius 1 is 1.39 bits per heavy atom. The summed E-state index contributed by atoms with van der Waals surface area (Å²) in [5.74, 6) is 0.124. The summed E-state index contributed by atoms with van der Waals surface area (Å²) in [5, 5.41) is 19.2. The molecule has 0 aliphatic carbocycles. The molecule has 1 aliphatic heterocycles. The Morgan fingerprint density at radius 3 is 2.78 bits per heavy atom. The van der Waals surface area contributed by atoms with Crippen molar-refractivity contribution in [3.8, 4) is 11.5 Å². The van der Waals surface area contributed by atoms with E-state index >= 15 is 0 Å². The lowest BCUT2D eigenvalue weighted by atomic mass is 10.0. The van der Waals surface area contributed by atoms with Crippen LogP contribution < -0.4 is 0 Å². The van der Waals surface area contributed by atoms with Gasteiger partial charge in [-0.05, 0) is 37.0 Å². The zero-order chi connectivity index (χ0) is 13.3. The molecule has 0 aromatic heterocycles. The highest BCUT2D eigenvalue weighted by Crippen LogP contribution is 2.29. The highest BCUT2D eigenvalue weighted by atomic mass is 16.3. The summed E-state index contributed by atoms with van der Waals surface area (Å²) in [6.07, 6.45) is 2.00. The summed E-state index contributed by atoms with van der Waals surface area (Å²) in [5.41, 5.74) is 0.183. The summed E-state index contributed by atoms with van der Waals surface area (Å²) in [6, 6.07) is 4.27. The summed E-state index contributed by atoms with van der Waals surface area (Å²) in [6.45, 7) is 4.91. The fraction of sp³-hybridized carbons (Fsp3) is 0.500. The van der Waals surface area contributed by atoms with Crippen molar-refractivity contribution in [2.75, 3.05) is 6.54 Å². The lowest BCUT2D eigenvalue weighted by molar-refractivity contribution is 0.0698. The van der Waals surface area contributed by atoms with Gasteiger partial charge in [0.25, 0.3) is 5.91 Å². The van der Waals surface area contributed by atoms with Crippen molar-refractivity contribution in [2.45, 2.75) is 32.7 Å². The molecule has 1 heterocycles. The molecule has 0 bridgehead atoms. The van der Waals surface area contributed by atoms with Gasteiger partial charge < -0.3 is 15.1 Å². The number of carbonyl (C=O) groups is 1. The van der Waals surface area contributed by atoms with E-state index in [-0.39, 0.29) is 29.0 Å². The number of phenols is 2. The first-order chi connectivity index (χ1) is 8.50. The molecule has 1 saturated heterocycles. The van der Waals surface area contributed by atoms with E-state index in [0.717, 1.165) is 19.4 Å². The SMILES string of the molecule is CC(C)C1CCCN1C(=O)c1cc(O)ccc1O. The number of likely N-dealkylation sites (tertiary alicyclic amines) is 1. The average Bonchev–Trinajstić information content (AvgIpc) is 2.80. The highest BCUT2D eigenvalue weighted by Gasteiger charge is 2.32. The maximum absolute atomic E-state index is 12.4.